The smallest absolute Gasteiger partial charge is 0.295 e. The number of carbonyl (C=O) groups excluding carboxylic acids is 3. The number of ketones is 1. The zero-order valence-corrected chi connectivity index (χ0v) is 27.9. The molecule has 0 radical (unpaired) electrons. The quantitative estimate of drug-likeness (QED) is 0.0875. The zero-order chi connectivity index (χ0) is 35.9. The van der Waals surface area contributed by atoms with Crippen LogP contribution >= 0.6 is 7.82 Å². The summed E-state index contributed by atoms with van der Waals surface area (Å²) < 4.78 is 23.9. The second kappa shape index (κ2) is 15.8. The highest BCUT2D eigenvalue weighted by atomic mass is 31.2. The van der Waals surface area contributed by atoms with Crippen LogP contribution in [0.5, 0.6) is 5.75 Å². The number of rotatable bonds is 11. The number of methoxy groups -OCH3 is 1. The van der Waals surface area contributed by atoms with Crippen LogP contribution in [-0.2, 0) is 20.6 Å². The number of aliphatic hydroxyl groups excluding tert-OH is 3. The van der Waals surface area contributed by atoms with E-state index in [0.29, 0.717) is 11.4 Å². The van der Waals surface area contributed by atoms with E-state index in [0.717, 1.165) is 0 Å². The van der Waals surface area contributed by atoms with E-state index in [2.05, 4.69) is 19.6 Å². The normalized spacial score (nSPS) is 14.6. The average molecular weight is 703 g/mol. The van der Waals surface area contributed by atoms with Gasteiger partial charge in [-0.05, 0) is 19.1 Å². The maximum Gasteiger partial charge on any atom is 0.295 e. The Morgan fingerprint density at radius 1 is 1.00 bits per heavy atom. The first-order valence-corrected chi connectivity index (χ1v) is 16.4. The Morgan fingerprint density at radius 2 is 1.61 bits per heavy atom. The molecule has 4 aromatic rings. The number of carbonyl (C=O) groups is 3. The molecule has 4 N–H and O–H groups in total. The van der Waals surface area contributed by atoms with Crippen LogP contribution < -0.4 is 9.63 Å². The lowest BCUT2D eigenvalue weighted by Crippen LogP contribution is -2.52. The van der Waals surface area contributed by atoms with E-state index >= 15 is 0 Å². The van der Waals surface area contributed by atoms with Gasteiger partial charge in [0.1, 0.15) is 30.1 Å². The lowest BCUT2D eigenvalue weighted by molar-refractivity contribution is -0.222. The van der Waals surface area contributed by atoms with Crippen LogP contribution in [-0.4, -0.2) is 125 Å². The molecule has 1 aliphatic rings. The summed E-state index contributed by atoms with van der Waals surface area (Å²) in [5.41, 5.74) is -0.132. The van der Waals surface area contributed by atoms with Gasteiger partial charge in [-0.3, -0.25) is 23.5 Å². The summed E-state index contributed by atoms with van der Waals surface area (Å²) in [4.78, 5) is 71.7. The highest BCUT2D eigenvalue weighted by Gasteiger charge is 2.32. The molecule has 3 aromatic heterocycles. The van der Waals surface area contributed by atoms with Gasteiger partial charge in [0.05, 0.1) is 44.1 Å². The molecule has 18 nitrogen and oxygen atoms in total. The van der Waals surface area contributed by atoms with E-state index in [1.54, 1.807) is 43.0 Å². The fraction of sp³-hybridized carbons (Fsp3) is 0.400. The second-order valence-electron chi connectivity index (χ2n) is 11.4. The van der Waals surface area contributed by atoms with Crippen LogP contribution in [0.4, 0.5) is 0 Å². The predicted molar refractivity (Wildman–Crippen MR) is 169 cm³/mol. The van der Waals surface area contributed by atoms with Gasteiger partial charge in [-0.25, -0.2) is 14.6 Å². The third kappa shape index (κ3) is 8.73. The molecule has 49 heavy (non-hydrogen) atoms. The number of benzene rings is 1. The Balaban J connectivity index is 0.000000603. The minimum atomic E-state index is -5.15. The van der Waals surface area contributed by atoms with Crippen LogP contribution in [0, 0.1) is 12.3 Å². The van der Waals surface area contributed by atoms with Gasteiger partial charge in [-0.1, -0.05) is 25.1 Å². The summed E-state index contributed by atoms with van der Waals surface area (Å²) in [6.45, 7) is 2.73. The first-order chi connectivity index (χ1) is 23.3. The topological polar surface area (TPSA) is 246 Å². The summed E-state index contributed by atoms with van der Waals surface area (Å²) in [5.74, 6) is -1.19. The van der Waals surface area contributed by atoms with Crippen molar-refractivity contribution in [3.63, 3.8) is 0 Å². The molecule has 1 aliphatic heterocycles. The SMILES string of the molecule is CC(CO)(CO)CO.COc1cnc(-n2cnc(C)n2)c2c1c(C(=O)C(=O)N1CCN(C(=O)c3ccccc3)CC1)cn2COP(=O)([O-])O. The Kier molecular flexibility index (Phi) is 12.0. The molecule has 5 rings (SSSR count). The van der Waals surface area contributed by atoms with E-state index in [1.165, 1.54) is 40.0 Å². The number of aliphatic hydroxyl groups is 3. The summed E-state index contributed by atoms with van der Waals surface area (Å²) in [6.07, 6.45) is 3.93. The van der Waals surface area contributed by atoms with Crippen molar-refractivity contribution in [2.75, 3.05) is 53.1 Å². The molecular weight excluding hydrogens is 665 g/mol. The molecule has 1 atom stereocenters. The minimum Gasteiger partial charge on any atom is -0.756 e. The first-order valence-electron chi connectivity index (χ1n) is 14.9. The van der Waals surface area contributed by atoms with Crippen molar-refractivity contribution < 1.29 is 53.3 Å². The standard InChI is InChI=1S/C25H26N7O8P.C5H12O3/c1-16-27-14-32(28-16)23-21-20(19(39-2)12-26-23)18(13-31(21)15-40-41(36,37)38)22(33)25(35)30-10-8-29(9-11-30)24(34)17-6-4-3-5-7-17;1-5(2-6,3-7)4-8/h3-7,12-14H,8-11,15H2,1-2H3,(H2,36,37,38);6-8H,2-4H2,1H3/p-1. The van der Waals surface area contributed by atoms with Crippen LogP contribution in [0.3, 0.4) is 0 Å². The van der Waals surface area contributed by atoms with E-state index in [4.69, 9.17) is 20.1 Å². The van der Waals surface area contributed by atoms with Crippen molar-refractivity contribution in [3.05, 3.63) is 66.0 Å². The predicted octanol–water partition coefficient (Wildman–Crippen LogP) is -0.494. The van der Waals surface area contributed by atoms with Crippen molar-refractivity contribution in [2.45, 2.75) is 20.6 Å². The van der Waals surface area contributed by atoms with Crippen molar-refractivity contribution in [1.29, 1.82) is 0 Å². The molecule has 1 unspecified atom stereocenters. The van der Waals surface area contributed by atoms with Crippen LogP contribution in [0.1, 0.15) is 33.5 Å². The van der Waals surface area contributed by atoms with Gasteiger partial charge < -0.3 is 44.2 Å². The molecule has 1 aromatic carbocycles. The molecule has 0 bridgehead atoms. The molecule has 19 heteroatoms. The van der Waals surface area contributed by atoms with E-state index in [9.17, 15) is 28.7 Å². The summed E-state index contributed by atoms with van der Waals surface area (Å²) in [6, 6.07) is 8.77. The molecule has 0 aliphatic carbocycles. The lowest BCUT2D eigenvalue weighted by Gasteiger charge is -2.34. The maximum atomic E-state index is 13.6. The van der Waals surface area contributed by atoms with Crippen molar-refractivity contribution in [1.82, 2.24) is 34.1 Å². The number of piperazine rings is 1. The third-order valence-electron chi connectivity index (χ3n) is 7.70. The summed E-state index contributed by atoms with van der Waals surface area (Å²) in [7, 11) is -3.80. The minimum absolute atomic E-state index is 0.104. The number of hydrogen-bond acceptors (Lipinski definition) is 13. The van der Waals surface area contributed by atoms with Crippen molar-refractivity contribution in [2.24, 2.45) is 5.41 Å². The summed E-state index contributed by atoms with van der Waals surface area (Å²) in [5, 5.41) is 29.8. The van der Waals surface area contributed by atoms with Crippen molar-refractivity contribution in [3.8, 4) is 11.6 Å². The second-order valence-corrected chi connectivity index (χ2v) is 12.6. The Hall–Kier alpha value is -4.55. The number of hydrogen-bond donors (Lipinski definition) is 4. The molecule has 0 saturated carbocycles. The van der Waals surface area contributed by atoms with Gasteiger partial charge in [0.2, 0.25) is 0 Å². The van der Waals surface area contributed by atoms with Crippen LogP contribution in [0.15, 0.2) is 49.1 Å². The molecule has 2 amide bonds. The number of aryl methyl sites for hydroxylation is 1. The van der Waals surface area contributed by atoms with Gasteiger partial charge in [0.25, 0.3) is 25.4 Å². The van der Waals surface area contributed by atoms with E-state index < -0.39 is 31.7 Å². The number of amides is 2. The third-order valence-corrected chi connectivity index (χ3v) is 8.14. The Bertz CT molecular complexity index is 1820. The Morgan fingerprint density at radius 3 is 2.12 bits per heavy atom. The first kappa shape index (κ1) is 37.3. The molecule has 0 spiro atoms. The van der Waals surface area contributed by atoms with Gasteiger partial charge in [-0.15, -0.1) is 0 Å². The molecule has 264 valence electrons. The largest absolute Gasteiger partial charge is 0.756 e. The maximum absolute atomic E-state index is 13.6. The van der Waals surface area contributed by atoms with Gasteiger partial charge in [-0.2, -0.15) is 5.10 Å². The fourth-order valence-corrected chi connectivity index (χ4v) is 5.03. The van der Waals surface area contributed by atoms with Crippen LogP contribution in [0.2, 0.25) is 0 Å². The van der Waals surface area contributed by atoms with E-state index in [-0.39, 0.29) is 79.9 Å². The monoisotopic (exact) mass is 702 g/mol. The Labute approximate surface area is 280 Å². The lowest BCUT2D eigenvalue weighted by atomic mass is 9.95. The van der Waals surface area contributed by atoms with Crippen molar-refractivity contribution >= 4 is 36.3 Å². The number of phosphoric acid groups is 1. The number of ether oxygens (including phenoxy) is 1. The number of phosphoric ester groups is 1. The fourth-order valence-electron chi connectivity index (χ4n) is 4.76. The highest BCUT2D eigenvalue weighted by Crippen LogP contribution is 2.36. The molecule has 4 heterocycles. The van der Waals surface area contributed by atoms with Crippen LogP contribution in [0.25, 0.3) is 16.7 Å². The number of Topliss-reactive ketones (excluding diaryl/α,β-unsaturated/α-hetero) is 1. The number of pyridine rings is 1. The van der Waals surface area contributed by atoms with E-state index in [1.807, 2.05) is 6.07 Å². The molecule has 1 fully saturated rings. The number of aromatic nitrogens is 5. The molecular formula is C30H37N7O11P-. The van der Waals surface area contributed by atoms with Gasteiger partial charge in [0, 0.05) is 43.4 Å². The van der Waals surface area contributed by atoms with Gasteiger partial charge in [0.15, 0.2) is 5.82 Å². The summed E-state index contributed by atoms with van der Waals surface area (Å²) >= 11 is 0. The number of nitrogens with zero attached hydrogens (tertiary/aromatic N) is 7. The zero-order valence-electron chi connectivity index (χ0n) is 27.0. The van der Waals surface area contributed by atoms with Gasteiger partial charge >= 0.3 is 0 Å². The number of fused-ring (bicyclic) bond motifs is 1. The average Bonchev–Trinajstić information content (AvgIpc) is 3.73. The molecule has 1 saturated heterocycles. The highest BCUT2D eigenvalue weighted by molar-refractivity contribution is 7.44.